The van der Waals surface area contributed by atoms with E-state index in [4.69, 9.17) is 0 Å². The number of nitrogens with one attached hydrogen (secondary N) is 2. The van der Waals surface area contributed by atoms with Crippen molar-refractivity contribution in [1.82, 2.24) is 4.72 Å². The molecule has 12 heavy (non-hydrogen) atoms. The third-order valence-electron chi connectivity index (χ3n) is 1.44. The zero-order valence-corrected chi connectivity index (χ0v) is 8.90. The molecule has 2 N–H and O–H groups in total. The second-order valence-electron chi connectivity index (χ2n) is 2.30. The number of carbonyl (C=O) groups excluding carboxylic acids is 1. The molecule has 2 rings (SSSR count). The van der Waals surface area contributed by atoms with Gasteiger partial charge < -0.3 is 5.32 Å². The number of benzene rings is 1. The van der Waals surface area contributed by atoms with Gasteiger partial charge in [-0.2, -0.15) is 0 Å². The number of halogens is 1. The number of anilines is 1. The normalized spacial score (nSPS) is 14.6. The molecule has 1 aromatic rings. The third kappa shape index (κ3) is 1.51. The van der Waals surface area contributed by atoms with Crippen molar-refractivity contribution in [3.05, 3.63) is 21.8 Å². The quantitative estimate of drug-likeness (QED) is 0.569. The molecule has 1 heterocycles. The van der Waals surface area contributed by atoms with E-state index in [1.165, 1.54) is 11.9 Å². The molecule has 0 spiro atoms. The Morgan fingerprint density at radius 3 is 3.08 bits per heavy atom. The van der Waals surface area contributed by atoms with E-state index in [0.717, 1.165) is 14.2 Å². The predicted molar refractivity (Wildman–Crippen MR) is 57.2 cm³/mol. The second-order valence-corrected chi connectivity index (χ2v) is 4.39. The highest BCUT2D eigenvalue weighted by Crippen LogP contribution is 2.29. The molecule has 1 aliphatic rings. The summed E-state index contributed by atoms with van der Waals surface area (Å²) in [4.78, 5) is 11.9. The number of carbonyl (C=O) groups is 1. The Kier molecular flexibility index (Phi) is 2.14. The van der Waals surface area contributed by atoms with Crippen LogP contribution in [0.2, 0.25) is 0 Å². The summed E-state index contributed by atoms with van der Waals surface area (Å²) in [5.41, 5.74) is 0.885. The lowest BCUT2D eigenvalue weighted by Crippen LogP contribution is -2.26. The number of rotatable bonds is 0. The first-order valence-electron chi connectivity index (χ1n) is 3.29. The van der Waals surface area contributed by atoms with Gasteiger partial charge in [-0.25, -0.2) is 4.79 Å². The third-order valence-corrected chi connectivity index (χ3v) is 2.98. The van der Waals surface area contributed by atoms with Gasteiger partial charge in [0, 0.05) is 3.57 Å². The molecule has 5 heteroatoms. The maximum absolute atomic E-state index is 10.9. The van der Waals surface area contributed by atoms with Crippen LogP contribution in [-0.4, -0.2) is 6.03 Å². The van der Waals surface area contributed by atoms with Crippen LogP contribution in [-0.2, 0) is 0 Å². The molecule has 0 unspecified atom stereocenters. The van der Waals surface area contributed by atoms with Crippen molar-refractivity contribution >= 4 is 46.3 Å². The molecule has 2 amide bonds. The van der Waals surface area contributed by atoms with Crippen molar-refractivity contribution in [3.63, 3.8) is 0 Å². The Balaban J connectivity index is 2.44. The zero-order chi connectivity index (χ0) is 8.55. The van der Waals surface area contributed by atoms with E-state index in [1.807, 2.05) is 18.2 Å². The van der Waals surface area contributed by atoms with E-state index in [1.54, 1.807) is 0 Å². The van der Waals surface area contributed by atoms with Gasteiger partial charge in [0.2, 0.25) is 0 Å². The van der Waals surface area contributed by atoms with E-state index in [2.05, 4.69) is 32.6 Å². The molecule has 0 aromatic heterocycles. The fraction of sp³-hybridized carbons (Fsp3) is 0. The van der Waals surface area contributed by atoms with E-state index < -0.39 is 0 Å². The molecule has 62 valence electrons. The number of fused-ring (bicyclic) bond motifs is 1. The van der Waals surface area contributed by atoms with E-state index >= 15 is 0 Å². The van der Waals surface area contributed by atoms with Crippen LogP contribution in [0.1, 0.15) is 0 Å². The molecule has 0 saturated carbocycles. The van der Waals surface area contributed by atoms with Crippen LogP contribution in [0, 0.1) is 3.57 Å². The maximum Gasteiger partial charge on any atom is 0.329 e. The molecule has 0 atom stereocenters. The molecule has 0 bridgehead atoms. The van der Waals surface area contributed by atoms with Crippen LogP contribution in [0.5, 0.6) is 0 Å². The van der Waals surface area contributed by atoms with Crippen molar-refractivity contribution in [2.24, 2.45) is 0 Å². The van der Waals surface area contributed by atoms with Crippen LogP contribution in [0.4, 0.5) is 10.5 Å². The Bertz CT molecular complexity index is 342. The molecule has 0 aliphatic carbocycles. The molecule has 3 nitrogen and oxygen atoms in total. The van der Waals surface area contributed by atoms with Crippen molar-refractivity contribution < 1.29 is 4.79 Å². The molecule has 0 saturated heterocycles. The fourth-order valence-corrected chi connectivity index (χ4v) is 2.04. The Morgan fingerprint density at radius 2 is 2.25 bits per heavy atom. The minimum Gasteiger partial charge on any atom is -0.306 e. The topological polar surface area (TPSA) is 41.1 Å². The number of amides is 2. The SMILES string of the molecule is O=C1NSc2ccc(I)cc2N1. The summed E-state index contributed by atoms with van der Waals surface area (Å²) in [5, 5.41) is 2.73. The second kappa shape index (κ2) is 3.14. The predicted octanol–water partition coefficient (Wildman–Crippen LogP) is 2.43. The minimum absolute atomic E-state index is 0.158. The maximum atomic E-state index is 10.9. The van der Waals surface area contributed by atoms with E-state index in [0.29, 0.717) is 0 Å². The van der Waals surface area contributed by atoms with Gasteiger partial charge >= 0.3 is 6.03 Å². The number of hydrogen-bond donors (Lipinski definition) is 2. The zero-order valence-electron chi connectivity index (χ0n) is 5.93. The lowest BCUT2D eigenvalue weighted by Gasteiger charge is -2.16. The van der Waals surface area contributed by atoms with Crippen LogP contribution in [0.15, 0.2) is 23.1 Å². The lowest BCUT2D eigenvalue weighted by molar-refractivity contribution is 0.257. The monoisotopic (exact) mass is 292 g/mol. The highest BCUT2D eigenvalue weighted by Gasteiger charge is 2.13. The lowest BCUT2D eigenvalue weighted by atomic mass is 10.3. The first-order chi connectivity index (χ1) is 5.75. The fourth-order valence-electron chi connectivity index (χ4n) is 0.938. The van der Waals surface area contributed by atoms with Gasteiger partial charge in [-0.15, -0.1) is 0 Å². The first-order valence-corrected chi connectivity index (χ1v) is 5.18. The minimum atomic E-state index is -0.158. The van der Waals surface area contributed by atoms with Gasteiger partial charge in [0.25, 0.3) is 0 Å². The van der Waals surface area contributed by atoms with Crippen molar-refractivity contribution in [1.29, 1.82) is 0 Å². The van der Waals surface area contributed by atoms with Gasteiger partial charge in [-0.05, 0) is 52.7 Å². The highest BCUT2D eigenvalue weighted by molar-refractivity contribution is 14.1. The summed E-state index contributed by atoms with van der Waals surface area (Å²) in [6.45, 7) is 0. The van der Waals surface area contributed by atoms with Gasteiger partial charge in [0.05, 0.1) is 10.6 Å². The largest absolute Gasteiger partial charge is 0.329 e. The summed E-state index contributed by atoms with van der Waals surface area (Å²) < 4.78 is 3.74. The molecular formula is C7H5IN2OS. The summed E-state index contributed by atoms with van der Waals surface area (Å²) in [5.74, 6) is 0. The van der Waals surface area contributed by atoms with E-state index in [-0.39, 0.29) is 6.03 Å². The smallest absolute Gasteiger partial charge is 0.306 e. The molecule has 1 aromatic carbocycles. The van der Waals surface area contributed by atoms with Gasteiger partial charge in [-0.3, -0.25) is 4.72 Å². The van der Waals surface area contributed by atoms with Crippen molar-refractivity contribution in [2.75, 3.05) is 5.32 Å². The standard InChI is InChI=1S/C7H5IN2OS/c8-4-1-2-6-5(3-4)9-7(11)10-12-6/h1-3H,(H2,9,10,11). The highest BCUT2D eigenvalue weighted by atomic mass is 127. The summed E-state index contributed by atoms with van der Waals surface area (Å²) in [6, 6.07) is 5.77. The Morgan fingerprint density at radius 1 is 1.42 bits per heavy atom. The van der Waals surface area contributed by atoms with Crippen LogP contribution in [0.25, 0.3) is 0 Å². The average molecular weight is 292 g/mol. The van der Waals surface area contributed by atoms with E-state index in [9.17, 15) is 4.79 Å². The van der Waals surface area contributed by atoms with Crippen LogP contribution < -0.4 is 10.0 Å². The van der Waals surface area contributed by atoms with Crippen LogP contribution >= 0.6 is 34.5 Å². The van der Waals surface area contributed by atoms with Gasteiger partial charge in [-0.1, -0.05) is 0 Å². The molecule has 1 aliphatic heterocycles. The molecular weight excluding hydrogens is 287 g/mol. The van der Waals surface area contributed by atoms with Gasteiger partial charge in [0.15, 0.2) is 0 Å². The van der Waals surface area contributed by atoms with Crippen molar-refractivity contribution in [2.45, 2.75) is 4.90 Å². The summed E-state index contributed by atoms with van der Waals surface area (Å²) >= 11 is 3.55. The number of hydrogen-bond acceptors (Lipinski definition) is 2. The number of urea groups is 1. The Hall–Kier alpha value is -0.430. The van der Waals surface area contributed by atoms with Crippen LogP contribution in [0.3, 0.4) is 0 Å². The van der Waals surface area contributed by atoms with Gasteiger partial charge in [0.1, 0.15) is 0 Å². The Labute approximate surface area is 87.6 Å². The molecule has 0 radical (unpaired) electrons. The first kappa shape index (κ1) is 8.18. The summed E-state index contributed by atoms with van der Waals surface area (Å²) in [6.07, 6.45) is 0. The average Bonchev–Trinajstić information content (AvgIpc) is 2.03. The van der Waals surface area contributed by atoms with Crippen molar-refractivity contribution in [3.8, 4) is 0 Å². The summed E-state index contributed by atoms with van der Waals surface area (Å²) in [7, 11) is 0. The molecule has 0 fully saturated rings.